The van der Waals surface area contributed by atoms with Gasteiger partial charge in [-0.2, -0.15) is 5.10 Å². The number of halogens is 1. The van der Waals surface area contributed by atoms with Crippen LogP contribution in [0, 0.1) is 0 Å². The molecule has 0 amide bonds. The Bertz CT molecular complexity index is 575. The topological polar surface area (TPSA) is 66.0 Å². The zero-order valence-electron chi connectivity index (χ0n) is 9.62. The molecule has 0 atom stereocenters. The Morgan fingerprint density at radius 2 is 2.24 bits per heavy atom. The molecule has 4 nitrogen and oxygen atoms in total. The maximum atomic E-state index is 10.9. The van der Waals surface area contributed by atoms with Gasteiger partial charge in [-0.3, -0.25) is 9.89 Å². The highest BCUT2D eigenvalue weighted by Crippen LogP contribution is 2.35. The first kappa shape index (κ1) is 11.9. The molecule has 0 aliphatic heterocycles. The summed E-state index contributed by atoms with van der Waals surface area (Å²) in [6.07, 6.45) is 0.0492. The summed E-state index contributed by atoms with van der Waals surface area (Å²) in [4.78, 5) is 10.9. The number of aliphatic carboxylic acids is 1. The van der Waals surface area contributed by atoms with E-state index in [2.05, 4.69) is 10.2 Å². The van der Waals surface area contributed by atoms with Gasteiger partial charge in [0.15, 0.2) is 0 Å². The van der Waals surface area contributed by atoms with E-state index in [1.165, 1.54) is 0 Å². The van der Waals surface area contributed by atoms with Crippen LogP contribution in [0.5, 0.6) is 0 Å². The number of benzene rings is 1. The molecular formula is C12H13ClN2O2. The lowest BCUT2D eigenvalue weighted by Crippen LogP contribution is -2.21. The average Bonchev–Trinajstić information content (AvgIpc) is 2.59. The van der Waals surface area contributed by atoms with E-state index >= 15 is 0 Å². The summed E-state index contributed by atoms with van der Waals surface area (Å²) in [6.45, 7) is 3.78. The van der Waals surface area contributed by atoms with Gasteiger partial charge in [0, 0.05) is 10.8 Å². The first-order valence-corrected chi connectivity index (χ1v) is 5.64. The minimum Gasteiger partial charge on any atom is -0.481 e. The van der Waals surface area contributed by atoms with Gasteiger partial charge < -0.3 is 5.11 Å². The Hall–Kier alpha value is -1.55. The summed E-state index contributed by atoms with van der Waals surface area (Å²) in [5, 5.41) is 17.0. The van der Waals surface area contributed by atoms with Gasteiger partial charge in [-0.1, -0.05) is 37.6 Å². The van der Waals surface area contributed by atoms with Gasteiger partial charge in [-0.15, -0.1) is 0 Å². The number of aromatic amines is 1. The summed E-state index contributed by atoms with van der Waals surface area (Å²) < 4.78 is 0. The number of carbonyl (C=O) groups is 1. The number of hydrogen-bond acceptors (Lipinski definition) is 2. The number of nitrogens with zero attached hydrogens (tertiary/aromatic N) is 1. The van der Waals surface area contributed by atoms with Crippen molar-refractivity contribution in [2.24, 2.45) is 0 Å². The van der Waals surface area contributed by atoms with E-state index in [0.717, 1.165) is 16.5 Å². The fourth-order valence-electron chi connectivity index (χ4n) is 2.07. The zero-order chi connectivity index (χ0) is 12.6. The molecule has 1 heterocycles. The van der Waals surface area contributed by atoms with Gasteiger partial charge in [-0.05, 0) is 11.6 Å². The van der Waals surface area contributed by atoms with Gasteiger partial charge in [0.05, 0.1) is 11.9 Å². The third-order valence-corrected chi connectivity index (χ3v) is 3.13. The molecule has 0 radical (unpaired) electrons. The fourth-order valence-corrected chi connectivity index (χ4v) is 2.31. The number of carboxylic acid groups (broad SMARTS) is 1. The predicted octanol–water partition coefficient (Wildman–Crippen LogP) is 2.97. The van der Waals surface area contributed by atoms with Crippen LogP contribution in [-0.2, 0) is 10.2 Å². The molecule has 1 aromatic heterocycles. The van der Waals surface area contributed by atoms with E-state index in [-0.39, 0.29) is 6.42 Å². The summed E-state index contributed by atoms with van der Waals surface area (Å²) >= 11 is 6.05. The van der Waals surface area contributed by atoms with Crippen molar-refractivity contribution in [2.45, 2.75) is 25.7 Å². The second-order valence-corrected chi connectivity index (χ2v) is 5.07. The maximum absolute atomic E-state index is 10.9. The van der Waals surface area contributed by atoms with Crippen LogP contribution in [0.25, 0.3) is 10.9 Å². The van der Waals surface area contributed by atoms with Gasteiger partial charge >= 0.3 is 5.97 Å². The number of rotatable bonds is 3. The van der Waals surface area contributed by atoms with Gasteiger partial charge in [0.1, 0.15) is 5.15 Å². The van der Waals surface area contributed by atoms with Gasteiger partial charge in [-0.25, -0.2) is 0 Å². The molecule has 0 spiro atoms. The van der Waals surface area contributed by atoms with Crippen LogP contribution >= 0.6 is 11.6 Å². The number of nitrogens with one attached hydrogen (secondary N) is 1. The number of H-pyrrole nitrogens is 1. The molecule has 2 rings (SSSR count). The molecule has 17 heavy (non-hydrogen) atoms. The second kappa shape index (κ2) is 4.04. The van der Waals surface area contributed by atoms with Crippen molar-refractivity contribution in [3.8, 4) is 0 Å². The molecule has 2 N–H and O–H groups in total. The lowest BCUT2D eigenvalue weighted by Gasteiger charge is -2.23. The molecule has 0 aliphatic carbocycles. The van der Waals surface area contributed by atoms with E-state index in [0.29, 0.717) is 5.15 Å². The quantitative estimate of drug-likeness (QED) is 0.883. The first-order chi connectivity index (χ1) is 7.92. The third-order valence-electron chi connectivity index (χ3n) is 2.86. The maximum Gasteiger partial charge on any atom is 0.304 e. The number of aromatic nitrogens is 2. The average molecular weight is 253 g/mol. The SMILES string of the molecule is CC(C)(CC(=O)O)c1cccc2n[nH]c(Cl)c12. The van der Waals surface area contributed by atoms with E-state index < -0.39 is 11.4 Å². The van der Waals surface area contributed by atoms with E-state index in [4.69, 9.17) is 16.7 Å². The van der Waals surface area contributed by atoms with Crippen LogP contribution in [0.1, 0.15) is 25.8 Å². The van der Waals surface area contributed by atoms with Crippen LogP contribution in [0.15, 0.2) is 18.2 Å². The van der Waals surface area contributed by atoms with E-state index in [1.54, 1.807) is 0 Å². The van der Waals surface area contributed by atoms with Crippen molar-refractivity contribution < 1.29 is 9.90 Å². The zero-order valence-corrected chi connectivity index (χ0v) is 10.4. The Morgan fingerprint density at radius 3 is 2.88 bits per heavy atom. The van der Waals surface area contributed by atoms with Crippen LogP contribution < -0.4 is 0 Å². The Kier molecular flexibility index (Phi) is 2.83. The van der Waals surface area contributed by atoms with Crippen molar-refractivity contribution in [1.29, 1.82) is 0 Å². The molecule has 90 valence electrons. The monoisotopic (exact) mass is 252 g/mol. The normalized spacial score (nSPS) is 11.9. The molecular weight excluding hydrogens is 240 g/mol. The van der Waals surface area contributed by atoms with Crippen LogP contribution in [-0.4, -0.2) is 21.3 Å². The molecule has 5 heteroatoms. The van der Waals surface area contributed by atoms with Gasteiger partial charge in [0.25, 0.3) is 0 Å². The highest BCUT2D eigenvalue weighted by atomic mass is 35.5. The lowest BCUT2D eigenvalue weighted by atomic mass is 9.80. The first-order valence-electron chi connectivity index (χ1n) is 5.27. The Morgan fingerprint density at radius 1 is 1.53 bits per heavy atom. The highest BCUT2D eigenvalue weighted by molar-refractivity contribution is 6.34. The molecule has 1 aromatic carbocycles. The molecule has 0 aliphatic rings. The van der Waals surface area contributed by atoms with E-state index in [9.17, 15) is 4.79 Å². The van der Waals surface area contributed by atoms with Crippen LogP contribution in [0.3, 0.4) is 0 Å². The summed E-state index contributed by atoms with van der Waals surface area (Å²) in [5.41, 5.74) is 1.17. The van der Waals surface area contributed by atoms with E-state index in [1.807, 2.05) is 32.0 Å². The van der Waals surface area contributed by atoms with Crippen molar-refractivity contribution >= 4 is 28.5 Å². The molecule has 0 saturated heterocycles. The van der Waals surface area contributed by atoms with Crippen LogP contribution in [0.4, 0.5) is 0 Å². The fraction of sp³-hybridized carbons (Fsp3) is 0.333. The second-order valence-electron chi connectivity index (χ2n) is 4.69. The number of fused-ring (bicyclic) bond motifs is 1. The summed E-state index contributed by atoms with van der Waals surface area (Å²) in [7, 11) is 0. The van der Waals surface area contributed by atoms with Crippen molar-refractivity contribution in [2.75, 3.05) is 0 Å². The summed E-state index contributed by atoms with van der Waals surface area (Å²) in [5.74, 6) is -0.827. The number of carboxylic acids is 1. The predicted molar refractivity (Wildman–Crippen MR) is 66.4 cm³/mol. The molecule has 0 fully saturated rings. The van der Waals surface area contributed by atoms with Crippen LogP contribution in [0.2, 0.25) is 5.15 Å². The van der Waals surface area contributed by atoms with Crippen molar-refractivity contribution in [1.82, 2.24) is 10.2 Å². The largest absolute Gasteiger partial charge is 0.481 e. The highest BCUT2D eigenvalue weighted by Gasteiger charge is 2.27. The molecule has 2 aromatic rings. The third kappa shape index (κ3) is 2.13. The minimum absolute atomic E-state index is 0.0492. The standard InChI is InChI=1S/C12H13ClN2O2/c1-12(2,6-9(16)17)7-4-3-5-8-10(7)11(13)15-14-8/h3-5H,6H2,1-2H3,(H,14,15)(H,16,17). The lowest BCUT2D eigenvalue weighted by molar-refractivity contribution is -0.138. The van der Waals surface area contributed by atoms with Crippen molar-refractivity contribution in [3.63, 3.8) is 0 Å². The molecule has 0 bridgehead atoms. The Labute approximate surface area is 104 Å². The molecule has 0 unspecified atom stereocenters. The smallest absolute Gasteiger partial charge is 0.304 e. The van der Waals surface area contributed by atoms with Crippen molar-refractivity contribution in [3.05, 3.63) is 28.9 Å². The number of hydrogen-bond donors (Lipinski definition) is 2. The van der Waals surface area contributed by atoms with Gasteiger partial charge in [0.2, 0.25) is 0 Å². The minimum atomic E-state index is -0.827. The Balaban J connectivity index is 2.61. The summed E-state index contributed by atoms with van der Waals surface area (Å²) in [6, 6.07) is 5.60. The molecule has 0 saturated carbocycles.